The Bertz CT molecular complexity index is 559. The Balaban J connectivity index is 2.05. The summed E-state index contributed by atoms with van der Waals surface area (Å²) in [5, 5.41) is 3.18. The van der Waals surface area contributed by atoms with Gasteiger partial charge in [-0.25, -0.2) is 4.79 Å². The van der Waals surface area contributed by atoms with Crippen LogP contribution in [0.15, 0.2) is 12.1 Å². The standard InChI is InChI=1S/C13H14Cl2N2O3/c1-6(12(18)17-8-2-3-8)20-13(19)9-4-7(14)5-10(15)11(9)16/h4-6,8H,2-3,16H2,1H3,(H,17,18)/t6-/m1/s1. The van der Waals surface area contributed by atoms with Crippen molar-refractivity contribution in [1.82, 2.24) is 5.32 Å². The van der Waals surface area contributed by atoms with Gasteiger partial charge in [0.05, 0.1) is 16.3 Å². The molecule has 0 heterocycles. The van der Waals surface area contributed by atoms with Gasteiger partial charge >= 0.3 is 5.97 Å². The zero-order valence-corrected chi connectivity index (χ0v) is 12.3. The number of benzene rings is 1. The van der Waals surface area contributed by atoms with Gasteiger partial charge in [-0.2, -0.15) is 0 Å². The predicted molar refractivity (Wildman–Crippen MR) is 76.9 cm³/mol. The molecular formula is C13H14Cl2N2O3. The van der Waals surface area contributed by atoms with Crippen molar-refractivity contribution >= 4 is 40.8 Å². The number of nitrogens with one attached hydrogen (secondary N) is 1. The summed E-state index contributed by atoms with van der Waals surface area (Å²) >= 11 is 11.7. The molecule has 0 spiro atoms. The second kappa shape index (κ2) is 5.89. The molecule has 0 bridgehead atoms. The molecule has 1 aliphatic carbocycles. The lowest BCUT2D eigenvalue weighted by molar-refractivity contribution is -0.129. The van der Waals surface area contributed by atoms with Crippen LogP contribution in [0.4, 0.5) is 5.69 Å². The number of carbonyl (C=O) groups excluding carboxylic acids is 2. The second-order valence-electron chi connectivity index (χ2n) is 4.68. The summed E-state index contributed by atoms with van der Waals surface area (Å²) in [6.07, 6.45) is 1.02. The SMILES string of the molecule is C[C@@H](OC(=O)c1cc(Cl)cc(Cl)c1N)C(=O)NC1CC1. The van der Waals surface area contributed by atoms with Crippen LogP contribution >= 0.6 is 23.2 Å². The highest BCUT2D eigenvalue weighted by Gasteiger charge is 2.28. The van der Waals surface area contributed by atoms with Crippen molar-refractivity contribution in [3.63, 3.8) is 0 Å². The van der Waals surface area contributed by atoms with E-state index < -0.39 is 12.1 Å². The molecule has 0 saturated heterocycles. The molecule has 1 aromatic carbocycles. The van der Waals surface area contributed by atoms with Gasteiger partial charge in [0.15, 0.2) is 6.10 Å². The summed E-state index contributed by atoms with van der Waals surface area (Å²) in [5.74, 6) is -1.06. The molecule has 1 fully saturated rings. The van der Waals surface area contributed by atoms with Crippen LogP contribution in [0.3, 0.4) is 0 Å². The van der Waals surface area contributed by atoms with Crippen LogP contribution in [-0.4, -0.2) is 24.0 Å². The van der Waals surface area contributed by atoms with Gasteiger partial charge in [0.25, 0.3) is 5.91 Å². The van der Waals surface area contributed by atoms with E-state index in [9.17, 15) is 9.59 Å². The Morgan fingerprint density at radius 1 is 1.40 bits per heavy atom. The molecule has 0 aliphatic heterocycles. The number of halogens is 2. The topological polar surface area (TPSA) is 81.4 Å². The minimum atomic E-state index is -0.903. The summed E-state index contributed by atoms with van der Waals surface area (Å²) in [5.41, 5.74) is 5.83. The number of hydrogen-bond donors (Lipinski definition) is 2. The zero-order chi connectivity index (χ0) is 14.9. The molecule has 1 amide bonds. The lowest BCUT2D eigenvalue weighted by Crippen LogP contribution is -2.37. The van der Waals surface area contributed by atoms with Crippen molar-refractivity contribution in [1.29, 1.82) is 0 Å². The summed E-state index contributed by atoms with van der Waals surface area (Å²) in [6.45, 7) is 1.50. The highest BCUT2D eigenvalue weighted by atomic mass is 35.5. The molecule has 3 N–H and O–H groups in total. The first-order valence-corrected chi connectivity index (χ1v) is 6.90. The molecule has 5 nitrogen and oxygen atoms in total. The van der Waals surface area contributed by atoms with Gasteiger partial charge in [-0.15, -0.1) is 0 Å². The highest BCUT2D eigenvalue weighted by molar-refractivity contribution is 6.37. The van der Waals surface area contributed by atoms with Gasteiger partial charge in [-0.1, -0.05) is 23.2 Å². The Hall–Kier alpha value is -1.46. The summed E-state index contributed by atoms with van der Waals surface area (Å²) in [7, 11) is 0. The van der Waals surface area contributed by atoms with E-state index in [0.29, 0.717) is 0 Å². The molecule has 108 valence electrons. The number of carbonyl (C=O) groups is 2. The van der Waals surface area contributed by atoms with Crippen molar-refractivity contribution in [3.8, 4) is 0 Å². The molecule has 2 rings (SSSR count). The van der Waals surface area contributed by atoms with Gasteiger partial charge in [0, 0.05) is 11.1 Å². The van der Waals surface area contributed by atoms with Crippen molar-refractivity contribution in [2.45, 2.75) is 31.9 Å². The first-order chi connectivity index (χ1) is 9.38. The van der Waals surface area contributed by atoms with E-state index in [-0.39, 0.29) is 33.2 Å². The van der Waals surface area contributed by atoms with Gasteiger partial charge in [-0.05, 0) is 31.9 Å². The molecule has 20 heavy (non-hydrogen) atoms. The fourth-order valence-corrected chi connectivity index (χ4v) is 2.07. The Morgan fingerprint density at radius 3 is 2.65 bits per heavy atom. The first-order valence-electron chi connectivity index (χ1n) is 6.14. The normalized spacial score (nSPS) is 15.6. The molecule has 1 saturated carbocycles. The third-order valence-corrected chi connectivity index (χ3v) is 3.42. The van der Waals surface area contributed by atoms with E-state index in [0.717, 1.165) is 12.8 Å². The zero-order valence-electron chi connectivity index (χ0n) is 10.8. The van der Waals surface area contributed by atoms with E-state index in [2.05, 4.69) is 5.32 Å². The average Bonchev–Trinajstić information content (AvgIpc) is 3.17. The van der Waals surface area contributed by atoms with Crippen molar-refractivity contribution in [2.75, 3.05) is 5.73 Å². The Kier molecular flexibility index (Phi) is 4.40. The number of nitrogens with two attached hydrogens (primary N) is 1. The van der Waals surface area contributed by atoms with Crippen molar-refractivity contribution in [2.24, 2.45) is 0 Å². The minimum Gasteiger partial charge on any atom is -0.449 e. The maximum absolute atomic E-state index is 12.0. The lowest BCUT2D eigenvalue weighted by atomic mass is 10.2. The largest absolute Gasteiger partial charge is 0.449 e. The fraction of sp³-hybridized carbons (Fsp3) is 0.385. The van der Waals surface area contributed by atoms with Crippen LogP contribution in [0.1, 0.15) is 30.1 Å². The third-order valence-electron chi connectivity index (χ3n) is 2.89. The van der Waals surface area contributed by atoms with Gasteiger partial charge in [0.1, 0.15) is 0 Å². The number of nitrogen functional groups attached to an aromatic ring is 1. The van der Waals surface area contributed by atoms with Crippen LogP contribution in [0.5, 0.6) is 0 Å². The number of esters is 1. The third kappa shape index (κ3) is 3.55. The second-order valence-corrected chi connectivity index (χ2v) is 5.52. The van der Waals surface area contributed by atoms with Crippen molar-refractivity contribution in [3.05, 3.63) is 27.7 Å². The maximum Gasteiger partial charge on any atom is 0.341 e. The monoisotopic (exact) mass is 316 g/mol. The molecule has 0 radical (unpaired) electrons. The van der Waals surface area contributed by atoms with Crippen LogP contribution in [-0.2, 0) is 9.53 Å². The van der Waals surface area contributed by atoms with E-state index >= 15 is 0 Å². The fourth-order valence-electron chi connectivity index (χ4n) is 1.58. The van der Waals surface area contributed by atoms with Crippen LogP contribution in [0.2, 0.25) is 10.0 Å². The van der Waals surface area contributed by atoms with E-state index in [1.807, 2.05) is 0 Å². The number of hydrogen-bond acceptors (Lipinski definition) is 4. The summed E-state index contributed by atoms with van der Waals surface area (Å²) in [6, 6.07) is 2.99. The van der Waals surface area contributed by atoms with E-state index in [4.69, 9.17) is 33.7 Å². The van der Waals surface area contributed by atoms with E-state index in [1.165, 1.54) is 19.1 Å². The first kappa shape index (κ1) is 14.9. The molecular weight excluding hydrogens is 303 g/mol. The molecule has 7 heteroatoms. The molecule has 1 aromatic rings. The maximum atomic E-state index is 12.0. The number of rotatable bonds is 4. The van der Waals surface area contributed by atoms with E-state index in [1.54, 1.807) is 0 Å². The smallest absolute Gasteiger partial charge is 0.341 e. The Morgan fingerprint density at radius 2 is 2.05 bits per heavy atom. The van der Waals surface area contributed by atoms with Gasteiger partial charge in [-0.3, -0.25) is 4.79 Å². The van der Waals surface area contributed by atoms with Crippen LogP contribution in [0.25, 0.3) is 0 Å². The lowest BCUT2D eigenvalue weighted by Gasteiger charge is -2.14. The summed E-state index contributed by atoms with van der Waals surface area (Å²) in [4.78, 5) is 23.7. The molecule has 1 aliphatic rings. The number of amides is 1. The molecule has 0 unspecified atom stereocenters. The van der Waals surface area contributed by atoms with Gasteiger partial charge in [0.2, 0.25) is 0 Å². The summed E-state index contributed by atoms with van der Waals surface area (Å²) < 4.78 is 5.07. The predicted octanol–water partition coefficient (Wildman–Crippen LogP) is 2.40. The van der Waals surface area contributed by atoms with Crippen LogP contribution in [0, 0.1) is 0 Å². The number of ether oxygens (including phenoxy) is 1. The molecule has 0 aromatic heterocycles. The Labute approximate surface area is 126 Å². The quantitative estimate of drug-likeness (QED) is 0.660. The van der Waals surface area contributed by atoms with Crippen LogP contribution < -0.4 is 11.1 Å². The van der Waals surface area contributed by atoms with Gasteiger partial charge < -0.3 is 15.8 Å². The number of anilines is 1. The minimum absolute atomic E-state index is 0.0496. The van der Waals surface area contributed by atoms with Crippen molar-refractivity contribution < 1.29 is 14.3 Å². The highest BCUT2D eigenvalue weighted by Crippen LogP contribution is 2.28. The average molecular weight is 317 g/mol. The molecule has 1 atom stereocenters.